The Kier molecular flexibility index (Phi) is 49.6. The van der Waals surface area contributed by atoms with Crippen molar-refractivity contribution in [3.8, 4) is 0 Å². The van der Waals surface area contributed by atoms with Crippen molar-refractivity contribution >= 4 is 11.9 Å². The second-order valence-electron chi connectivity index (χ2n) is 18.6. The van der Waals surface area contributed by atoms with Crippen molar-refractivity contribution in [2.45, 2.75) is 302 Å². The van der Waals surface area contributed by atoms with Crippen LogP contribution in [0.25, 0.3) is 0 Å². The number of unbranched alkanes of at least 4 members (excludes halogenated alkanes) is 35. The van der Waals surface area contributed by atoms with Gasteiger partial charge in [0.15, 0.2) is 0 Å². The minimum atomic E-state index is -0.698. The molecule has 6 nitrogen and oxygen atoms in total. The van der Waals surface area contributed by atoms with Gasteiger partial charge in [0.25, 0.3) is 0 Å². The molecule has 0 aromatic carbocycles. The molecule has 3 N–H and O–H groups in total. The molecule has 1 amide bonds. The highest BCUT2D eigenvalue weighted by atomic mass is 16.5. The average molecular weight is 860 g/mol. The Labute approximate surface area is 380 Å². The van der Waals surface area contributed by atoms with Gasteiger partial charge in [-0.05, 0) is 44.9 Å². The summed E-state index contributed by atoms with van der Waals surface area (Å²) in [4.78, 5) is 24.4. The summed E-state index contributed by atoms with van der Waals surface area (Å²) in [5, 5.41) is 23.2. The summed E-state index contributed by atoms with van der Waals surface area (Å²) >= 11 is 0. The summed E-state index contributed by atoms with van der Waals surface area (Å²) in [6, 6.07) is -0.585. The van der Waals surface area contributed by atoms with Gasteiger partial charge < -0.3 is 20.3 Å². The van der Waals surface area contributed by atoms with Gasteiger partial charge in [-0.25, -0.2) is 0 Å². The number of nitrogens with one attached hydrogen (secondary N) is 1. The Hall–Kier alpha value is -1.66. The van der Waals surface area contributed by atoms with Crippen molar-refractivity contribution in [2.75, 3.05) is 13.2 Å². The molecule has 0 spiro atoms. The number of hydrogen-bond acceptors (Lipinski definition) is 5. The fourth-order valence-electron chi connectivity index (χ4n) is 8.34. The van der Waals surface area contributed by atoms with Crippen molar-refractivity contribution in [2.24, 2.45) is 0 Å². The van der Waals surface area contributed by atoms with E-state index in [4.69, 9.17) is 4.74 Å². The Morgan fingerprint density at radius 1 is 0.459 bits per heavy atom. The van der Waals surface area contributed by atoms with Gasteiger partial charge in [-0.3, -0.25) is 9.59 Å². The average Bonchev–Trinajstić information content (AvgIpc) is 3.26. The molecule has 6 heteroatoms. The van der Waals surface area contributed by atoms with Crippen molar-refractivity contribution in [1.29, 1.82) is 0 Å². The van der Waals surface area contributed by atoms with Crippen LogP contribution in [-0.4, -0.2) is 47.4 Å². The van der Waals surface area contributed by atoms with E-state index in [1.165, 1.54) is 199 Å². The number of ether oxygens (including phenoxy) is 1. The van der Waals surface area contributed by atoms with Crippen LogP contribution in [0.4, 0.5) is 0 Å². The largest absolute Gasteiger partial charge is 0.466 e. The summed E-state index contributed by atoms with van der Waals surface area (Å²) in [5.74, 6) is -0.129. The van der Waals surface area contributed by atoms with Crippen LogP contribution in [-0.2, 0) is 14.3 Å². The second kappa shape index (κ2) is 51.0. The van der Waals surface area contributed by atoms with Crippen molar-refractivity contribution in [3.05, 3.63) is 24.3 Å². The fourth-order valence-corrected chi connectivity index (χ4v) is 8.34. The highest BCUT2D eigenvalue weighted by molar-refractivity contribution is 5.76. The molecule has 0 aromatic heterocycles. The topological polar surface area (TPSA) is 95.9 Å². The Balaban J connectivity index is 3.54. The van der Waals surface area contributed by atoms with Crippen LogP contribution in [0.1, 0.15) is 290 Å². The Morgan fingerprint density at radius 3 is 1.28 bits per heavy atom. The Bertz CT molecular complexity index is 951. The van der Waals surface area contributed by atoms with Crippen molar-refractivity contribution in [3.63, 3.8) is 0 Å². The number of aliphatic hydroxyl groups is 2. The molecular weight excluding hydrogens is 755 g/mol. The molecule has 2 unspecified atom stereocenters. The lowest BCUT2D eigenvalue weighted by molar-refractivity contribution is -0.143. The number of aliphatic hydroxyl groups excluding tert-OH is 2. The molecular formula is C55H105NO5. The van der Waals surface area contributed by atoms with Crippen LogP contribution in [0.2, 0.25) is 0 Å². The molecule has 0 saturated carbocycles. The second-order valence-corrected chi connectivity index (χ2v) is 18.6. The zero-order valence-corrected chi connectivity index (χ0v) is 40.9. The number of carbonyl (C=O) groups excluding carboxylic acids is 2. The van der Waals surface area contributed by atoms with Gasteiger partial charge >= 0.3 is 5.97 Å². The van der Waals surface area contributed by atoms with Crippen LogP contribution in [0, 0.1) is 0 Å². The minimum absolute atomic E-state index is 0.0152. The van der Waals surface area contributed by atoms with Gasteiger partial charge in [0, 0.05) is 12.8 Å². The van der Waals surface area contributed by atoms with E-state index in [0.717, 1.165) is 51.4 Å². The third-order valence-electron chi connectivity index (χ3n) is 12.5. The predicted octanol–water partition coefficient (Wildman–Crippen LogP) is 16.3. The summed E-state index contributed by atoms with van der Waals surface area (Å²) < 4.78 is 5.45. The first-order chi connectivity index (χ1) is 30.0. The molecule has 0 bridgehead atoms. The van der Waals surface area contributed by atoms with E-state index in [0.29, 0.717) is 32.3 Å². The molecule has 0 aliphatic carbocycles. The minimum Gasteiger partial charge on any atom is -0.466 e. The first-order valence-electron chi connectivity index (χ1n) is 27.1. The van der Waals surface area contributed by atoms with E-state index in [-0.39, 0.29) is 18.5 Å². The molecule has 0 saturated heterocycles. The molecule has 61 heavy (non-hydrogen) atoms. The van der Waals surface area contributed by atoms with Crippen LogP contribution in [0.15, 0.2) is 24.3 Å². The summed E-state index contributed by atoms with van der Waals surface area (Å²) in [5.41, 5.74) is 0. The van der Waals surface area contributed by atoms with Gasteiger partial charge in [0.2, 0.25) is 5.91 Å². The molecule has 2 atom stereocenters. The van der Waals surface area contributed by atoms with Crippen molar-refractivity contribution in [1.82, 2.24) is 5.32 Å². The van der Waals surface area contributed by atoms with E-state index < -0.39 is 12.1 Å². The summed E-state index contributed by atoms with van der Waals surface area (Å²) in [6.07, 6.45) is 60.2. The maximum absolute atomic E-state index is 12.4. The van der Waals surface area contributed by atoms with Crippen LogP contribution in [0.5, 0.6) is 0 Å². The number of allylic oxidation sites excluding steroid dienone is 4. The van der Waals surface area contributed by atoms with E-state index >= 15 is 0 Å². The molecule has 0 radical (unpaired) electrons. The van der Waals surface area contributed by atoms with Crippen LogP contribution < -0.4 is 5.32 Å². The zero-order valence-electron chi connectivity index (χ0n) is 40.9. The normalized spacial score (nSPS) is 12.8. The first-order valence-corrected chi connectivity index (χ1v) is 27.1. The quantitative estimate of drug-likeness (QED) is 0.0322. The number of esters is 1. The lowest BCUT2D eigenvalue weighted by atomic mass is 10.0. The molecule has 360 valence electrons. The van der Waals surface area contributed by atoms with E-state index in [2.05, 4.69) is 37.4 Å². The highest BCUT2D eigenvalue weighted by Gasteiger charge is 2.19. The molecule has 0 heterocycles. The summed E-state index contributed by atoms with van der Waals surface area (Å²) in [7, 11) is 0. The van der Waals surface area contributed by atoms with Gasteiger partial charge in [-0.15, -0.1) is 0 Å². The standard InChI is InChI=1S/C55H105NO5/c1-3-5-7-9-11-13-15-17-18-19-20-21-24-27-31-35-39-43-47-53(58)52(51-57)56-54(59)48-44-40-36-32-28-25-22-26-30-34-38-42-46-50-61-55(60)49-45-41-37-33-29-23-16-14-12-10-8-6-4-2/h25,28,36,40,52-53,57-58H,3-24,26-27,29-35,37-39,41-51H2,1-2H3,(H,56,59)/b28-25-,40-36-. The number of amides is 1. The zero-order chi connectivity index (χ0) is 44.4. The van der Waals surface area contributed by atoms with E-state index in [1.807, 2.05) is 6.08 Å². The number of rotatable bonds is 50. The molecule has 0 aliphatic rings. The smallest absolute Gasteiger partial charge is 0.305 e. The summed E-state index contributed by atoms with van der Waals surface area (Å²) in [6.45, 7) is 4.90. The third kappa shape index (κ3) is 47.7. The number of carbonyl (C=O) groups is 2. The Morgan fingerprint density at radius 2 is 0.836 bits per heavy atom. The van der Waals surface area contributed by atoms with E-state index in [9.17, 15) is 19.8 Å². The number of hydrogen-bond donors (Lipinski definition) is 3. The monoisotopic (exact) mass is 860 g/mol. The highest BCUT2D eigenvalue weighted by Crippen LogP contribution is 2.17. The van der Waals surface area contributed by atoms with Gasteiger partial charge in [0.1, 0.15) is 0 Å². The first kappa shape index (κ1) is 59.3. The van der Waals surface area contributed by atoms with E-state index in [1.54, 1.807) is 0 Å². The maximum Gasteiger partial charge on any atom is 0.305 e. The molecule has 0 aromatic rings. The van der Waals surface area contributed by atoms with Crippen LogP contribution >= 0.6 is 0 Å². The van der Waals surface area contributed by atoms with Gasteiger partial charge in [0.05, 0.1) is 25.4 Å². The van der Waals surface area contributed by atoms with Crippen LogP contribution in [0.3, 0.4) is 0 Å². The lowest BCUT2D eigenvalue weighted by Gasteiger charge is -2.22. The fraction of sp³-hybridized carbons (Fsp3) is 0.891. The maximum atomic E-state index is 12.4. The lowest BCUT2D eigenvalue weighted by Crippen LogP contribution is -2.45. The van der Waals surface area contributed by atoms with Crippen molar-refractivity contribution < 1.29 is 24.5 Å². The molecule has 0 rings (SSSR count). The molecule has 0 fully saturated rings. The predicted molar refractivity (Wildman–Crippen MR) is 264 cm³/mol. The van der Waals surface area contributed by atoms with Gasteiger partial charge in [-0.2, -0.15) is 0 Å². The SMILES string of the molecule is CCCCCCCCCCCCCCCCCCCCC(O)C(CO)NC(=O)CC/C=C\C/C=C\CCCCCCCCOC(=O)CCCCCCCCCCCCCCC. The third-order valence-corrected chi connectivity index (χ3v) is 12.5. The van der Waals surface area contributed by atoms with Gasteiger partial charge in [-0.1, -0.05) is 256 Å². The molecule has 0 aliphatic heterocycles.